The molecule has 0 aliphatic rings. The van der Waals surface area contributed by atoms with Gasteiger partial charge in [-0.25, -0.2) is 4.79 Å². The number of carbonyl (C=O) groups excluding carboxylic acids is 2. The van der Waals surface area contributed by atoms with Crippen LogP contribution in [0.2, 0.25) is 0 Å². The summed E-state index contributed by atoms with van der Waals surface area (Å²) in [5, 5.41) is 5.62. The van der Waals surface area contributed by atoms with Crippen molar-refractivity contribution < 1.29 is 14.3 Å². The van der Waals surface area contributed by atoms with Crippen molar-refractivity contribution in [2.45, 2.75) is 37.3 Å². The van der Waals surface area contributed by atoms with Crippen LogP contribution in [0.3, 0.4) is 0 Å². The van der Waals surface area contributed by atoms with E-state index >= 15 is 0 Å². The van der Waals surface area contributed by atoms with E-state index in [9.17, 15) is 9.59 Å². The van der Waals surface area contributed by atoms with Crippen molar-refractivity contribution in [3.63, 3.8) is 0 Å². The summed E-state index contributed by atoms with van der Waals surface area (Å²) in [7, 11) is 0. The highest BCUT2D eigenvalue weighted by atomic mass is 32.2. The van der Waals surface area contributed by atoms with Crippen LogP contribution in [-0.2, 0) is 16.0 Å². The maximum absolute atomic E-state index is 12.2. The lowest BCUT2D eigenvalue weighted by Gasteiger charge is -2.08. The molecular weight excluding hydrogens is 342 g/mol. The zero-order chi connectivity index (χ0) is 17.5. The summed E-state index contributed by atoms with van der Waals surface area (Å²) in [5.74, 6) is -0.559. The number of rotatable bonds is 7. The van der Waals surface area contributed by atoms with E-state index in [0.717, 1.165) is 5.56 Å². The molecule has 128 valence electrons. The van der Waals surface area contributed by atoms with Crippen molar-refractivity contribution >= 4 is 40.0 Å². The van der Waals surface area contributed by atoms with Gasteiger partial charge in [0.05, 0.1) is 18.6 Å². The monoisotopic (exact) mass is 363 g/mol. The molecule has 0 atom stereocenters. The molecule has 1 N–H and O–H groups in total. The lowest BCUT2D eigenvalue weighted by atomic mass is 10.1. The van der Waals surface area contributed by atoms with Gasteiger partial charge in [0, 0.05) is 10.1 Å². The Morgan fingerprint density at radius 2 is 1.92 bits per heavy atom. The first kappa shape index (κ1) is 18.5. The van der Waals surface area contributed by atoms with Gasteiger partial charge in [0.2, 0.25) is 5.91 Å². The van der Waals surface area contributed by atoms with Crippen molar-refractivity contribution in [3.05, 3.63) is 46.8 Å². The Morgan fingerprint density at radius 1 is 1.21 bits per heavy atom. The number of nitrogens with one attached hydrogen (secondary N) is 1. The predicted octanol–water partition coefficient (Wildman–Crippen LogP) is 4.61. The Morgan fingerprint density at radius 3 is 2.54 bits per heavy atom. The SMILES string of the molecule is CCOC(=O)c1ccsc1NC(=O)Cc1ccc(SC(C)C)cc1. The fraction of sp³-hybridized carbons (Fsp3) is 0.333. The Bertz CT molecular complexity index is 693. The van der Waals surface area contributed by atoms with E-state index in [2.05, 4.69) is 19.2 Å². The van der Waals surface area contributed by atoms with Crippen LogP contribution in [0, 0.1) is 0 Å². The maximum Gasteiger partial charge on any atom is 0.341 e. The Hall–Kier alpha value is -1.79. The van der Waals surface area contributed by atoms with Gasteiger partial charge < -0.3 is 10.1 Å². The summed E-state index contributed by atoms with van der Waals surface area (Å²) < 4.78 is 4.99. The minimum atomic E-state index is -0.413. The van der Waals surface area contributed by atoms with Crippen LogP contribution in [0.1, 0.15) is 36.7 Å². The minimum absolute atomic E-state index is 0.146. The van der Waals surface area contributed by atoms with Crippen LogP contribution < -0.4 is 5.32 Å². The molecule has 4 nitrogen and oxygen atoms in total. The molecule has 0 saturated carbocycles. The normalized spacial score (nSPS) is 10.7. The molecule has 0 spiro atoms. The molecule has 0 radical (unpaired) electrons. The van der Waals surface area contributed by atoms with Gasteiger partial charge in [-0.3, -0.25) is 4.79 Å². The highest BCUT2D eigenvalue weighted by molar-refractivity contribution is 7.99. The molecule has 24 heavy (non-hydrogen) atoms. The van der Waals surface area contributed by atoms with E-state index in [1.165, 1.54) is 16.2 Å². The lowest BCUT2D eigenvalue weighted by Crippen LogP contribution is -2.16. The standard InChI is InChI=1S/C18H21NO3S2/c1-4-22-18(21)15-9-10-23-17(15)19-16(20)11-13-5-7-14(8-6-13)24-12(2)3/h5-10,12H,4,11H2,1-3H3,(H,19,20). The average molecular weight is 364 g/mol. The van der Waals surface area contributed by atoms with Gasteiger partial charge in [0.1, 0.15) is 5.00 Å². The van der Waals surface area contributed by atoms with E-state index in [0.29, 0.717) is 22.4 Å². The maximum atomic E-state index is 12.2. The molecule has 1 aromatic heterocycles. The van der Waals surface area contributed by atoms with Crippen LogP contribution >= 0.6 is 23.1 Å². The molecule has 0 bridgehead atoms. The zero-order valence-electron chi connectivity index (χ0n) is 14.0. The summed E-state index contributed by atoms with van der Waals surface area (Å²) in [4.78, 5) is 25.2. The summed E-state index contributed by atoms with van der Waals surface area (Å²) >= 11 is 3.11. The van der Waals surface area contributed by atoms with Crippen LogP contribution in [-0.4, -0.2) is 23.7 Å². The highest BCUT2D eigenvalue weighted by Gasteiger charge is 2.16. The van der Waals surface area contributed by atoms with Gasteiger partial charge in [-0.05, 0) is 36.1 Å². The van der Waals surface area contributed by atoms with Gasteiger partial charge in [-0.2, -0.15) is 0 Å². The summed E-state index contributed by atoms with van der Waals surface area (Å²) in [6, 6.07) is 9.65. The third-order valence-corrected chi connectivity index (χ3v) is 4.92. The zero-order valence-corrected chi connectivity index (χ0v) is 15.6. The van der Waals surface area contributed by atoms with Crippen molar-refractivity contribution in [1.82, 2.24) is 0 Å². The molecule has 2 rings (SSSR count). The number of carbonyl (C=O) groups is 2. The van der Waals surface area contributed by atoms with Crippen LogP contribution in [0.4, 0.5) is 5.00 Å². The Kier molecular flexibility index (Phi) is 6.87. The number of amides is 1. The molecule has 0 saturated heterocycles. The molecule has 0 aliphatic carbocycles. The molecule has 0 fully saturated rings. The molecule has 2 aromatic rings. The first-order valence-electron chi connectivity index (χ1n) is 7.79. The van der Waals surface area contributed by atoms with E-state index < -0.39 is 5.97 Å². The molecule has 1 heterocycles. The number of esters is 1. The highest BCUT2D eigenvalue weighted by Crippen LogP contribution is 2.25. The number of thiophene rings is 1. The number of hydrogen-bond acceptors (Lipinski definition) is 5. The quantitative estimate of drug-likeness (QED) is 0.577. The van der Waals surface area contributed by atoms with Crippen molar-refractivity contribution in [3.8, 4) is 0 Å². The van der Waals surface area contributed by atoms with E-state index in [1.54, 1.807) is 30.1 Å². The fourth-order valence-corrected chi connectivity index (χ4v) is 3.72. The number of ether oxygens (including phenoxy) is 1. The molecule has 0 aliphatic heterocycles. The van der Waals surface area contributed by atoms with Crippen LogP contribution in [0.15, 0.2) is 40.6 Å². The predicted molar refractivity (Wildman–Crippen MR) is 100 cm³/mol. The van der Waals surface area contributed by atoms with Crippen LogP contribution in [0.5, 0.6) is 0 Å². The molecule has 6 heteroatoms. The van der Waals surface area contributed by atoms with Gasteiger partial charge in [-0.1, -0.05) is 26.0 Å². The summed E-state index contributed by atoms with van der Waals surface area (Å²) in [5.41, 5.74) is 1.34. The molecule has 1 aromatic carbocycles. The number of anilines is 1. The third-order valence-electron chi connectivity index (χ3n) is 3.07. The Labute approximate surface area is 150 Å². The molecule has 0 unspecified atom stereocenters. The van der Waals surface area contributed by atoms with Gasteiger partial charge in [0.25, 0.3) is 0 Å². The van der Waals surface area contributed by atoms with Crippen molar-refractivity contribution in [2.24, 2.45) is 0 Å². The van der Waals surface area contributed by atoms with Crippen molar-refractivity contribution in [2.75, 3.05) is 11.9 Å². The third kappa shape index (κ3) is 5.39. The van der Waals surface area contributed by atoms with Crippen molar-refractivity contribution in [1.29, 1.82) is 0 Å². The minimum Gasteiger partial charge on any atom is -0.462 e. The molecule has 1 amide bonds. The second-order valence-corrected chi connectivity index (χ2v) is 7.99. The van der Waals surface area contributed by atoms with Gasteiger partial charge in [-0.15, -0.1) is 23.1 Å². The fourth-order valence-electron chi connectivity index (χ4n) is 2.09. The van der Waals surface area contributed by atoms with Gasteiger partial charge in [0.15, 0.2) is 0 Å². The number of benzene rings is 1. The van der Waals surface area contributed by atoms with E-state index in [1.807, 2.05) is 24.3 Å². The van der Waals surface area contributed by atoms with Gasteiger partial charge >= 0.3 is 5.97 Å². The smallest absolute Gasteiger partial charge is 0.341 e. The average Bonchev–Trinajstić information content (AvgIpc) is 2.97. The van der Waals surface area contributed by atoms with Crippen LogP contribution in [0.25, 0.3) is 0 Å². The second kappa shape index (κ2) is 8.89. The first-order valence-corrected chi connectivity index (χ1v) is 9.55. The lowest BCUT2D eigenvalue weighted by molar-refractivity contribution is -0.115. The first-order chi connectivity index (χ1) is 11.5. The topological polar surface area (TPSA) is 55.4 Å². The molecular formula is C18H21NO3S2. The summed E-state index contributed by atoms with van der Waals surface area (Å²) in [6.07, 6.45) is 0.271. The summed E-state index contributed by atoms with van der Waals surface area (Å²) in [6.45, 7) is 6.36. The van der Waals surface area contributed by atoms with E-state index in [-0.39, 0.29) is 12.3 Å². The van der Waals surface area contributed by atoms with E-state index in [4.69, 9.17) is 4.74 Å². The number of hydrogen-bond donors (Lipinski definition) is 1. The largest absolute Gasteiger partial charge is 0.462 e. The number of thioether (sulfide) groups is 1. The Balaban J connectivity index is 1.96. The second-order valence-electron chi connectivity index (χ2n) is 5.42.